The first-order valence-corrected chi connectivity index (χ1v) is 10.5. The van der Waals surface area contributed by atoms with Crippen LogP contribution >= 0.6 is 11.3 Å². The van der Waals surface area contributed by atoms with Gasteiger partial charge in [0.1, 0.15) is 21.5 Å². The van der Waals surface area contributed by atoms with Gasteiger partial charge in [0.25, 0.3) is 0 Å². The number of hydrogen-bond acceptors (Lipinski definition) is 6. The van der Waals surface area contributed by atoms with Crippen LogP contribution in [0.15, 0.2) is 42.5 Å². The molecular weight excluding hydrogens is 427 g/mol. The Morgan fingerprint density at radius 2 is 1.77 bits per heavy atom. The van der Waals surface area contributed by atoms with E-state index in [1.54, 1.807) is 37.3 Å². The molecule has 5 nitrogen and oxygen atoms in total. The quantitative estimate of drug-likeness (QED) is 0.375. The van der Waals surface area contributed by atoms with E-state index in [1.807, 2.05) is 6.07 Å². The largest absolute Gasteiger partial charge is 0.494 e. The molecule has 0 bridgehead atoms. The molecule has 3 aromatic rings. The molecule has 1 aromatic heterocycles. The van der Waals surface area contributed by atoms with Gasteiger partial charge in [-0.25, -0.2) is 0 Å². The summed E-state index contributed by atoms with van der Waals surface area (Å²) in [5.41, 5.74) is 0.0695. The fourth-order valence-electron chi connectivity index (χ4n) is 2.83. The molecule has 0 atom stereocenters. The maximum atomic E-state index is 13.5. The first-order valence-electron chi connectivity index (χ1n) is 9.64. The van der Waals surface area contributed by atoms with Crippen molar-refractivity contribution in [2.75, 3.05) is 13.2 Å². The predicted molar refractivity (Wildman–Crippen MR) is 111 cm³/mol. The molecule has 0 aliphatic rings. The summed E-state index contributed by atoms with van der Waals surface area (Å²) in [6.07, 6.45) is -2.48. The van der Waals surface area contributed by atoms with E-state index >= 15 is 0 Å². The number of benzene rings is 2. The second-order valence-electron chi connectivity index (χ2n) is 6.73. The van der Waals surface area contributed by atoms with E-state index in [0.717, 1.165) is 18.9 Å². The van der Waals surface area contributed by atoms with E-state index < -0.39 is 11.7 Å². The van der Waals surface area contributed by atoms with Gasteiger partial charge in [0.2, 0.25) is 0 Å². The number of hydrogen-bond donors (Lipinski definition) is 0. The van der Waals surface area contributed by atoms with Crippen molar-refractivity contribution in [1.29, 1.82) is 5.26 Å². The molecule has 0 aliphatic heterocycles. The highest BCUT2D eigenvalue weighted by atomic mass is 32.1. The third-order valence-corrected chi connectivity index (χ3v) is 5.22. The monoisotopic (exact) mass is 447 g/mol. The lowest BCUT2D eigenvalue weighted by molar-refractivity contribution is -0.138. The van der Waals surface area contributed by atoms with Crippen LogP contribution in [-0.4, -0.2) is 23.4 Å². The third kappa shape index (κ3) is 6.43. The summed E-state index contributed by atoms with van der Waals surface area (Å²) in [5, 5.41) is 17.8. The molecule has 2 aromatic carbocycles. The molecule has 0 aliphatic carbocycles. The first-order chi connectivity index (χ1) is 14.9. The van der Waals surface area contributed by atoms with Crippen molar-refractivity contribution < 1.29 is 22.6 Å². The summed E-state index contributed by atoms with van der Waals surface area (Å²) in [6, 6.07) is 12.9. The Labute approximate surface area is 182 Å². The van der Waals surface area contributed by atoms with Gasteiger partial charge in [-0.05, 0) is 62.6 Å². The van der Waals surface area contributed by atoms with E-state index in [1.165, 1.54) is 17.4 Å². The number of halogens is 3. The Morgan fingerprint density at radius 3 is 2.45 bits per heavy atom. The maximum absolute atomic E-state index is 13.5. The van der Waals surface area contributed by atoms with Crippen LogP contribution in [0, 0.1) is 18.3 Å². The number of unbranched alkanes of at least 4 members (excludes halogenated alkanes) is 2. The smallest absolute Gasteiger partial charge is 0.419 e. The summed E-state index contributed by atoms with van der Waals surface area (Å²) in [6.45, 7) is 2.38. The van der Waals surface area contributed by atoms with Gasteiger partial charge in [0.15, 0.2) is 0 Å². The van der Waals surface area contributed by atoms with Crippen molar-refractivity contribution in [2.45, 2.75) is 32.4 Å². The fourth-order valence-corrected chi connectivity index (χ4v) is 3.52. The van der Waals surface area contributed by atoms with Crippen molar-refractivity contribution >= 4 is 11.3 Å². The third-order valence-electron chi connectivity index (χ3n) is 4.34. The highest BCUT2D eigenvalue weighted by molar-refractivity contribution is 7.14. The van der Waals surface area contributed by atoms with Gasteiger partial charge in [-0.15, -0.1) is 10.2 Å². The Balaban J connectivity index is 1.49. The number of aryl methyl sites for hydroxylation is 1. The van der Waals surface area contributed by atoms with E-state index in [-0.39, 0.29) is 12.4 Å². The summed E-state index contributed by atoms with van der Waals surface area (Å²) in [4.78, 5) is 0. The Hall–Kier alpha value is -3.12. The minimum Gasteiger partial charge on any atom is -0.494 e. The number of nitrogens with zero attached hydrogens (tertiary/aromatic N) is 3. The van der Waals surface area contributed by atoms with E-state index in [4.69, 9.17) is 14.7 Å². The zero-order chi connectivity index (χ0) is 22.3. The average Bonchev–Trinajstić information content (AvgIpc) is 3.19. The molecule has 9 heteroatoms. The summed E-state index contributed by atoms with van der Waals surface area (Å²) in [5.74, 6) is 0.429. The highest BCUT2D eigenvalue weighted by Gasteiger charge is 2.35. The number of aromatic nitrogens is 2. The Kier molecular flexibility index (Phi) is 7.47. The molecule has 3 rings (SSSR count). The minimum atomic E-state index is -4.53. The SMILES string of the molecule is Cc1nnc(-c2ccc(OCCCCCOc3cccc(C#N)c3)c(C(F)(F)F)c2)s1. The summed E-state index contributed by atoms with van der Waals surface area (Å²) >= 11 is 1.24. The normalized spacial score (nSPS) is 11.2. The van der Waals surface area contributed by atoms with Gasteiger partial charge >= 0.3 is 6.18 Å². The summed E-state index contributed by atoms with van der Waals surface area (Å²) < 4.78 is 51.5. The lowest BCUT2D eigenvalue weighted by Gasteiger charge is -2.15. The maximum Gasteiger partial charge on any atom is 0.419 e. The number of rotatable bonds is 9. The second kappa shape index (κ2) is 10.3. The van der Waals surface area contributed by atoms with Gasteiger partial charge in [0, 0.05) is 5.56 Å². The van der Waals surface area contributed by atoms with E-state index in [0.29, 0.717) is 39.9 Å². The molecule has 1 heterocycles. The van der Waals surface area contributed by atoms with E-state index in [2.05, 4.69) is 10.2 Å². The highest BCUT2D eigenvalue weighted by Crippen LogP contribution is 2.39. The van der Waals surface area contributed by atoms with Crippen LogP contribution in [0.2, 0.25) is 0 Å². The predicted octanol–water partition coefficient (Wildman–Crippen LogP) is 6.03. The topological polar surface area (TPSA) is 68.0 Å². The van der Waals surface area contributed by atoms with Crippen LogP contribution in [0.1, 0.15) is 35.4 Å². The standard InChI is InChI=1S/C22H20F3N3O2S/c1-15-27-28-21(31-15)17-8-9-20(19(13-17)22(23,24)25)30-11-4-2-3-10-29-18-7-5-6-16(12-18)14-26/h5-9,12-13H,2-4,10-11H2,1H3. The van der Waals surface area contributed by atoms with Crippen molar-refractivity contribution in [1.82, 2.24) is 10.2 Å². The van der Waals surface area contributed by atoms with Crippen LogP contribution in [0.3, 0.4) is 0 Å². The van der Waals surface area contributed by atoms with Crippen LogP contribution < -0.4 is 9.47 Å². The molecule has 0 unspecified atom stereocenters. The van der Waals surface area contributed by atoms with Crippen LogP contribution in [0.5, 0.6) is 11.5 Å². The molecule has 0 fully saturated rings. The van der Waals surface area contributed by atoms with Crippen molar-refractivity contribution in [3.05, 3.63) is 58.6 Å². The zero-order valence-electron chi connectivity index (χ0n) is 16.8. The van der Waals surface area contributed by atoms with Gasteiger partial charge in [-0.3, -0.25) is 0 Å². The van der Waals surface area contributed by atoms with Crippen molar-refractivity contribution in [3.63, 3.8) is 0 Å². The minimum absolute atomic E-state index is 0.171. The average molecular weight is 447 g/mol. The van der Waals surface area contributed by atoms with Gasteiger partial charge in [-0.1, -0.05) is 17.4 Å². The molecule has 31 heavy (non-hydrogen) atoms. The zero-order valence-corrected chi connectivity index (χ0v) is 17.6. The lowest BCUT2D eigenvalue weighted by Crippen LogP contribution is -2.10. The van der Waals surface area contributed by atoms with Crippen molar-refractivity contribution in [3.8, 4) is 28.1 Å². The lowest BCUT2D eigenvalue weighted by atomic mass is 10.1. The fraction of sp³-hybridized carbons (Fsp3) is 0.318. The molecule has 162 valence electrons. The van der Waals surface area contributed by atoms with Gasteiger partial charge in [0.05, 0.1) is 30.4 Å². The van der Waals surface area contributed by atoms with E-state index in [9.17, 15) is 13.2 Å². The van der Waals surface area contributed by atoms with Crippen LogP contribution in [0.25, 0.3) is 10.6 Å². The number of alkyl halides is 3. The summed E-state index contributed by atoms with van der Waals surface area (Å²) in [7, 11) is 0. The molecule has 0 spiro atoms. The number of nitriles is 1. The molecule has 0 N–H and O–H groups in total. The van der Waals surface area contributed by atoms with Gasteiger partial charge in [-0.2, -0.15) is 18.4 Å². The number of ether oxygens (including phenoxy) is 2. The second-order valence-corrected chi connectivity index (χ2v) is 7.91. The van der Waals surface area contributed by atoms with Crippen molar-refractivity contribution in [2.24, 2.45) is 0 Å². The molecular formula is C22H20F3N3O2S. The Bertz CT molecular complexity index is 1060. The molecule has 0 saturated carbocycles. The Morgan fingerprint density at radius 1 is 1.00 bits per heavy atom. The van der Waals surface area contributed by atoms with Crippen LogP contribution in [-0.2, 0) is 6.18 Å². The first kappa shape index (κ1) is 22.6. The molecule has 0 radical (unpaired) electrons. The molecule has 0 saturated heterocycles. The van der Waals surface area contributed by atoms with Gasteiger partial charge < -0.3 is 9.47 Å². The van der Waals surface area contributed by atoms with Crippen LogP contribution in [0.4, 0.5) is 13.2 Å². The molecule has 0 amide bonds.